The lowest BCUT2D eigenvalue weighted by molar-refractivity contribution is 0.949. The van der Waals surface area contributed by atoms with Crippen molar-refractivity contribution in [3.05, 3.63) is 47.5 Å². The Morgan fingerprint density at radius 1 is 1.08 bits per heavy atom. The molecule has 1 aromatic heterocycles. The first-order chi connectivity index (χ1) is 11.7. The van der Waals surface area contributed by atoms with E-state index in [-0.39, 0.29) is 0 Å². The van der Waals surface area contributed by atoms with Crippen molar-refractivity contribution in [1.29, 1.82) is 0 Å². The number of benzene rings is 2. The molecule has 2 aromatic carbocycles. The van der Waals surface area contributed by atoms with Crippen LogP contribution >= 0.6 is 23.4 Å². The Labute approximate surface area is 152 Å². The van der Waals surface area contributed by atoms with Crippen molar-refractivity contribution < 1.29 is 0 Å². The fourth-order valence-corrected chi connectivity index (χ4v) is 4.34. The van der Waals surface area contributed by atoms with Crippen LogP contribution in [0, 0.1) is 0 Å². The van der Waals surface area contributed by atoms with Crippen LogP contribution in [0.5, 0.6) is 0 Å². The first-order valence-corrected chi connectivity index (χ1v) is 9.91. The van der Waals surface area contributed by atoms with Gasteiger partial charge in [-0.05, 0) is 55.0 Å². The molecule has 0 radical (unpaired) electrons. The number of anilines is 1. The normalized spacial score (nSPS) is 14.7. The van der Waals surface area contributed by atoms with Gasteiger partial charge in [-0.15, -0.1) is 11.8 Å². The van der Waals surface area contributed by atoms with Gasteiger partial charge in [0.2, 0.25) is 0 Å². The van der Waals surface area contributed by atoms with Crippen LogP contribution in [0.1, 0.15) is 19.8 Å². The Bertz CT molecular complexity index is 865. The lowest BCUT2D eigenvalue weighted by Crippen LogP contribution is -2.18. The third-order valence-corrected chi connectivity index (χ3v) is 5.71. The van der Waals surface area contributed by atoms with Crippen LogP contribution in [0.4, 0.5) is 5.69 Å². The first kappa shape index (κ1) is 15.9. The predicted molar refractivity (Wildman–Crippen MR) is 107 cm³/mol. The van der Waals surface area contributed by atoms with E-state index in [9.17, 15) is 0 Å². The zero-order valence-electron chi connectivity index (χ0n) is 13.8. The van der Waals surface area contributed by atoms with Crippen molar-refractivity contribution >= 4 is 40.0 Å². The molecule has 0 unspecified atom stereocenters. The van der Waals surface area contributed by atoms with E-state index in [0.29, 0.717) is 0 Å². The van der Waals surface area contributed by atoms with Gasteiger partial charge in [0, 0.05) is 50.9 Å². The van der Waals surface area contributed by atoms with Crippen LogP contribution in [-0.2, 0) is 0 Å². The highest BCUT2D eigenvalue weighted by molar-refractivity contribution is 7.99. The van der Waals surface area contributed by atoms with Crippen molar-refractivity contribution in [2.24, 2.45) is 0 Å². The maximum absolute atomic E-state index is 6.14. The van der Waals surface area contributed by atoms with E-state index in [0.717, 1.165) is 29.4 Å². The third-order valence-electron chi connectivity index (χ3n) is 4.60. The minimum Gasteiger partial charge on any atom is -0.371 e. The van der Waals surface area contributed by atoms with Gasteiger partial charge in [0.05, 0.1) is 0 Å². The zero-order valence-corrected chi connectivity index (χ0v) is 15.4. The smallest absolute Gasteiger partial charge is 0.0486 e. The molecule has 1 saturated heterocycles. The summed E-state index contributed by atoms with van der Waals surface area (Å²) >= 11 is 8.03. The average Bonchev–Trinajstić information content (AvgIpc) is 3.24. The van der Waals surface area contributed by atoms with Gasteiger partial charge in [0.15, 0.2) is 0 Å². The van der Waals surface area contributed by atoms with Gasteiger partial charge in [-0.25, -0.2) is 0 Å². The second-order valence-electron chi connectivity index (χ2n) is 6.22. The molecule has 2 nitrogen and oxygen atoms in total. The lowest BCUT2D eigenvalue weighted by Gasteiger charge is -2.21. The Kier molecular flexibility index (Phi) is 4.47. The van der Waals surface area contributed by atoms with Crippen LogP contribution in [0.2, 0.25) is 5.02 Å². The summed E-state index contributed by atoms with van der Waals surface area (Å²) in [6.07, 6.45) is 2.57. The van der Waals surface area contributed by atoms with Crippen LogP contribution in [0.3, 0.4) is 0 Å². The molecule has 124 valence electrons. The number of hydrogen-bond donors (Lipinski definition) is 1. The van der Waals surface area contributed by atoms with E-state index in [4.69, 9.17) is 11.6 Å². The Morgan fingerprint density at radius 3 is 2.71 bits per heavy atom. The monoisotopic (exact) mass is 356 g/mol. The highest BCUT2D eigenvalue weighted by Gasteiger charge is 2.18. The maximum Gasteiger partial charge on any atom is 0.0486 e. The van der Waals surface area contributed by atoms with Gasteiger partial charge in [0.1, 0.15) is 0 Å². The van der Waals surface area contributed by atoms with Gasteiger partial charge in [0.25, 0.3) is 0 Å². The summed E-state index contributed by atoms with van der Waals surface area (Å²) in [6, 6.07) is 15.1. The van der Waals surface area contributed by atoms with Gasteiger partial charge >= 0.3 is 0 Å². The number of halogens is 1. The second-order valence-corrected chi connectivity index (χ2v) is 7.99. The average molecular weight is 357 g/mol. The summed E-state index contributed by atoms with van der Waals surface area (Å²) in [4.78, 5) is 7.40. The number of nitrogens with zero attached hydrogens (tertiary/aromatic N) is 1. The molecule has 1 aliphatic rings. The number of aromatic nitrogens is 1. The molecule has 4 rings (SSSR count). The van der Waals surface area contributed by atoms with E-state index in [2.05, 4.69) is 47.1 Å². The summed E-state index contributed by atoms with van der Waals surface area (Å²) in [5.41, 5.74) is 4.90. The molecule has 1 N–H and O–H groups in total. The molecule has 0 spiro atoms. The fraction of sp³-hybridized carbons (Fsp3) is 0.300. The molecule has 0 atom stereocenters. The van der Waals surface area contributed by atoms with Crippen molar-refractivity contribution in [1.82, 2.24) is 4.98 Å². The molecule has 4 heteroatoms. The van der Waals surface area contributed by atoms with E-state index in [1.165, 1.54) is 40.1 Å². The van der Waals surface area contributed by atoms with Crippen LogP contribution in [0.15, 0.2) is 47.4 Å². The zero-order chi connectivity index (χ0) is 16.5. The third kappa shape index (κ3) is 3.03. The summed E-state index contributed by atoms with van der Waals surface area (Å²) in [5, 5.41) is 1.97. The van der Waals surface area contributed by atoms with E-state index < -0.39 is 0 Å². The molecular formula is C20H21ClN2S. The molecule has 1 fully saturated rings. The minimum absolute atomic E-state index is 0.769. The molecule has 24 heavy (non-hydrogen) atoms. The van der Waals surface area contributed by atoms with Crippen molar-refractivity contribution in [2.45, 2.75) is 24.7 Å². The Balaban J connectivity index is 1.84. The quantitative estimate of drug-likeness (QED) is 0.561. The molecule has 0 amide bonds. The molecular weight excluding hydrogens is 336 g/mol. The Morgan fingerprint density at radius 2 is 1.92 bits per heavy atom. The van der Waals surface area contributed by atoms with Gasteiger partial charge in [-0.1, -0.05) is 24.6 Å². The molecule has 0 bridgehead atoms. The largest absolute Gasteiger partial charge is 0.371 e. The van der Waals surface area contributed by atoms with Crippen LogP contribution in [-0.4, -0.2) is 23.8 Å². The molecule has 0 aliphatic carbocycles. The van der Waals surface area contributed by atoms with Crippen LogP contribution in [0.25, 0.3) is 22.2 Å². The van der Waals surface area contributed by atoms with Crippen LogP contribution < -0.4 is 4.90 Å². The number of fused-ring (bicyclic) bond motifs is 1. The van der Waals surface area contributed by atoms with E-state index in [1.54, 1.807) is 0 Å². The van der Waals surface area contributed by atoms with Crippen molar-refractivity contribution in [2.75, 3.05) is 23.7 Å². The second kappa shape index (κ2) is 6.73. The summed E-state index contributed by atoms with van der Waals surface area (Å²) in [7, 11) is 0. The highest BCUT2D eigenvalue weighted by Crippen LogP contribution is 2.37. The highest BCUT2D eigenvalue weighted by atomic mass is 35.5. The topological polar surface area (TPSA) is 19.0 Å². The number of nitrogens with one attached hydrogen (secondary N) is 1. The first-order valence-electron chi connectivity index (χ1n) is 8.55. The van der Waals surface area contributed by atoms with E-state index >= 15 is 0 Å². The summed E-state index contributed by atoms with van der Waals surface area (Å²) in [6.45, 7) is 4.50. The standard InChI is InChI=1S/C20H21ClN2S/c1-2-24-16-7-8-20(23-9-3-4-10-23)17(13-16)19-11-14-5-6-15(21)12-18(14)22-19/h5-8,11-13,22H,2-4,9-10H2,1H3. The molecule has 2 heterocycles. The Hall–Kier alpha value is -1.58. The fourth-order valence-electron chi connectivity index (χ4n) is 3.47. The lowest BCUT2D eigenvalue weighted by atomic mass is 10.1. The number of rotatable bonds is 4. The number of thioether (sulfide) groups is 1. The SMILES string of the molecule is CCSc1ccc(N2CCCC2)c(-c2cc3ccc(Cl)cc3[nH]2)c1. The van der Waals surface area contributed by atoms with Crippen molar-refractivity contribution in [3.8, 4) is 11.3 Å². The van der Waals surface area contributed by atoms with Gasteiger partial charge in [-0.3, -0.25) is 0 Å². The number of H-pyrrole nitrogens is 1. The predicted octanol–water partition coefficient (Wildman–Crippen LogP) is 6.20. The number of hydrogen-bond acceptors (Lipinski definition) is 2. The summed E-state index contributed by atoms with van der Waals surface area (Å²) < 4.78 is 0. The maximum atomic E-state index is 6.14. The molecule has 0 saturated carbocycles. The van der Waals surface area contributed by atoms with Crippen molar-refractivity contribution in [3.63, 3.8) is 0 Å². The minimum atomic E-state index is 0.769. The van der Waals surface area contributed by atoms with Gasteiger partial charge < -0.3 is 9.88 Å². The molecule has 3 aromatic rings. The number of aromatic amines is 1. The van der Waals surface area contributed by atoms with Gasteiger partial charge in [-0.2, -0.15) is 0 Å². The summed E-state index contributed by atoms with van der Waals surface area (Å²) in [5.74, 6) is 1.09. The van der Waals surface area contributed by atoms with E-state index in [1.807, 2.05) is 23.9 Å². The molecule has 1 aliphatic heterocycles.